The van der Waals surface area contributed by atoms with E-state index in [1.165, 1.54) is 19.2 Å². The molecule has 8 heteroatoms. The monoisotopic (exact) mass is 426 g/mol. The highest BCUT2D eigenvalue weighted by Crippen LogP contribution is 2.14. The van der Waals surface area contributed by atoms with Gasteiger partial charge in [-0.25, -0.2) is 13.1 Å². The number of benzene rings is 2. The molecule has 0 atom stereocenters. The summed E-state index contributed by atoms with van der Waals surface area (Å²) in [5.74, 6) is -0.325. The van der Waals surface area contributed by atoms with Gasteiger partial charge in [-0.1, -0.05) is 36.4 Å². The molecular weight excluding hydrogens is 400 g/mol. The summed E-state index contributed by atoms with van der Waals surface area (Å²) < 4.78 is 27.9. The second-order valence-corrected chi connectivity index (χ2v) is 9.09. The number of hydrogen-bond donors (Lipinski definition) is 1. The van der Waals surface area contributed by atoms with E-state index in [9.17, 15) is 13.2 Å². The number of sulfonamides is 1. The molecule has 0 aliphatic rings. The zero-order valence-electron chi connectivity index (χ0n) is 17.2. The predicted molar refractivity (Wildman–Crippen MR) is 116 cm³/mol. The predicted octanol–water partition coefficient (Wildman–Crippen LogP) is 2.55. The van der Waals surface area contributed by atoms with Gasteiger partial charge < -0.3 is 5.32 Å². The minimum Gasteiger partial charge on any atom is -0.355 e. The molecule has 0 bridgehead atoms. The Balaban J connectivity index is 1.47. The van der Waals surface area contributed by atoms with Crippen LogP contribution in [0.1, 0.15) is 17.7 Å². The first kappa shape index (κ1) is 21.7. The molecule has 1 heterocycles. The first-order chi connectivity index (χ1) is 14.4. The lowest BCUT2D eigenvalue weighted by atomic mass is 10.1. The smallest absolute Gasteiger partial charge is 0.243 e. The molecule has 3 aromatic rings. The summed E-state index contributed by atoms with van der Waals surface area (Å²) >= 11 is 0. The van der Waals surface area contributed by atoms with Crippen LogP contribution in [0.3, 0.4) is 0 Å². The molecule has 0 spiro atoms. The molecule has 3 rings (SSSR count). The van der Waals surface area contributed by atoms with Crippen LogP contribution in [-0.2, 0) is 21.2 Å². The molecule has 1 amide bonds. The summed E-state index contributed by atoms with van der Waals surface area (Å²) in [5, 5.41) is 7.34. The van der Waals surface area contributed by atoms with E-state index >= 15 is 0 Å². The van der Waals surface area contributed by atoms with E-state index in [0.717, 1.165) is 34.1 Å². The van der Waals surface area contributed by atoms with Gasteiger partial charge in [-0.2, -0.15) is 9.40 Å². The number of para-hydroxylation sites is 1. The number of nitrogens with zero attached hydrogens (tertiary/aromatic N) is 3. The van der Waals surface area contributed by atoms with Crippen LogP contribution in [0.4, 0.5) is 0 Å². The van der Waals surface area contributed by atoms with Crippen molar-refractivity contribution in [2.75, 3.05) is 20.1 Å². The maximum absolute atomic E-state index is 12.5. The lowest BCUT2D eigenvalue weighted by Gasteiger charge is -2.16. The number of rotatable bonds is 9. The number of nitrogens with one attached hydrogen (secondary N) is 1. The quantitative estimate of drug-likeness (QED) is 0.533. The molecule has 1 aromatic heterocycles. The molecule has 158 valence electrons. The van der Waals surface area contributed by atoms with Crippen LogP contribution in [0.5, 0.6) is 0 Å². The Morgan fingerprint density at radius 2 is 1.70 bits per heavy atom. The van der Waals surface area contributed by atoms with Crippen molar-refractivity contribution in [3.05, 3.63) is 78.1 Å². The second-order valence-electron chi connectivity index (χ2n) is 7.05. The minimum absolute atomic E-state index is 0.172. The van der Waals surface area contributed by atoms with Crippen molar-refractivity contribution in [3.63, 3.8) is 0 Å². The fourth-order valence-electron chi connectivity index (χ4n) is 3.08. The highest BCUT2D eigenvalue weighted by Gasteiger charge is 2.22. The number of aromatic nitrogens is 2. The van der Waals surface area contributed by atoms with Crippen molar-refractivity contribution in [1.82, 2.24) is 19.4 Å². The SMILES string of the molecule is Cc1nn(-c2ccccc2)cc1CCCNC(=O)CN(C)S(=O)(=O)c1ccccc1. The van der Waals surface area contributed by atoms with Gasteiger partial charge in [-0.05, 0) is 49.6 Å². The lowest BCUT2D eigenvalue weighted by Crippen LogP contribution is -2.38. The summed E-state index contributed by atoms with van der Waals surface area (Å²) in [6, 6.07) is 18.0. The van der Waals surface area contributed by atoms with E-state index in [1.54, 1.807) is 18.2 Å². The minimum atomic E-state index is -3.68. The van der Waals surface area contributed by atoms with Crippen molar-refractivity contribution >= 4 is 15.9 Å². The molecule has 0 aliphatic heterocycles. The van der Waals surface area contributed by atoms with E-state index in [-0.39, 0.29) is 17.3 Å². The average molecular weight is 427 g/mol. The number of aryl methyl sites for hydroxylation is 2. The summed E-state index contributed by atoms with van der Waals surface area (Å²) in [4.78, 5) is 12.3. The van der Waals surface area contributed by atoms with Gasteiger partial charge in [0.05, 0.1) is 22.8 Å². The molecular formula is C22H26N4O3S. The Morgan fingerprint density at radius 1 is 1.07 bits per heavy atom. The fourth-order valence-corrected chi connectivity index (χ4v) is 4.22. The standard InChI is InChI=1S/C22H26N4O3S/c1-18-19(16-26(24-18)20-11-5-3-6-12-20)10-9-15-23-22(27)17-25(2)30(28,29)21-13-7-4-8-14-21/h3-8,11-14,16H,9-10,15,17H2,1-2H3,(H,23,27). The maximum Gasteiger partial charge on any atom is 0.243 e. The van der Waals surface area contributed by atoms with Gasteiger partial charge >= 0.3 is 0 Å². The Labute approximate surface area is 177 Å². The molecule has 0 aliphatic carbocycles. The van der Waals surface area contributed by atoms with Crippen molar-refractivity contribution < 1.29 is 13.2 Å². The maximum atomic E-state index is 12.5. The molecule has 1 N–H and O–H groups in total. The van der Waals surface area contributed by atoms with Gasteiger partial charge in [0.25, 0.3) is 0 Å². The molecule has 2 aromatic carbocycles. The molecule has 0 fully saturated rings. The van der Waals surface area contributed by atoms with Gasteiger partial charge in [0, 0.05) is 19.8 Å². The molecule has 7 nitrogen and oxygen atoms in total. The fraction of sp³-hybridized carbons (Fsp3) is 0.273. The topological polar surface area (TPSA) is 84.3 Å². The Bertz CT molecular complexity index is 1080. The van der Waals surface area contributed by atoms with Gasteiger partial charge in [0.1, 0.15) is 0 Å². The van der Waals surface area contributed by atoms with Crippen LogP contribution in [0.2, 0.25) is 0 Å². The van der Waals surface area contributed by atoms with Crippen molar-refractivity contribution in [2.24, 2.45) is 0 Å². The summed E-state index contributed by atoms with van der Waals surface area (Å²) in [6.07, 6.45) is 3.52. The number of likely N-dealkylation sites (N-methyl/N-ethyl adjacent to an activating group) is 1. The zero-order chi connectivity index (χ0) is 21.6. The number of amides is 1. The highest BCUT2D eigenvalue weighted by atomic mass is 32.2. The van der Waals surface area contributed by atoms with Gasteiger partial charge in [-0.15, -0.1) is 0 Å². The van der Waals surface area contributed by atoms with Gasteiger partial charge in [0.15, 0.2) is 0 Å². The van der Waals surface area contributed by atoms with Crippen LogP contribution in [0.15, 0.2) is 71.8 Å². The van der Waals surface area contributed by atoms with Crippen LogP contribution in [0.25, 0.3) is 5.69 Å². The molecule has 0 unspecified atom stereocenters. The number of hydrogen-bond acceptors (Lipinski definition) is 4. The summed E-state index contributed by atoms with van der Waals surface area (Å²) in [6.45, 7) is 2.22. The molecule has 0 saturated heterocycles. The van der Waals surface area contributed by atoms with Gasteiger partial charge in [0.2, 0.25) is 15.9 Å². The Hall–Kier alpha value is -2.97. The third kappa shape index (κ3) is 5.34. The van der Waals surface area contributed by atoms with Crippen molar-refractivity contribution in [3.8, 4) is 5.69 Å². The van der Waals surface area contributed by atoms with Crippen LogP contribution < -0.4 is 5.32 Å². The Morgan fingerprint density at radius 3 is 2.37 bits per heavy atom. The lowest BCUT2D eigenvalue weighted by molar-refractivity contribution is -0.121. The highest BCUT2D eigenvalue weighted by molar-refractivity contribution is 7.89. The largest absolute Gasteiger partial charge is 0.355 e. The average Bonchev–Trinajstić information content (AvgIpc) is 3.13. The third-order valence-corrected chi connectivity index (χ3v) is 6.60. The Kier molecular flexibility index (Phi) is 7.02. The van der Waals surface area contributed by atoms with E-state index in [4.69, 9.17) is 0 Å². The summed E-state index contributed by atoms with van der Waals surface area (Å²) in [5.41, 5.74) is 3.08. The third-order valence-electron chi connectivity index (χ3n) is 4.78. The van der Waals surface area contributed by atoms with E-state index in [2.05, 4.69) is 10.4 Å². The first-order valence-electron chi connectivity index (χ1n) is 9.76. The van der Waals surface area contributed by atoms with E-state index in [1.807, 2.05) is 48.1 Å². The molecule has 0 saturated carbocycles. The first-order valence-corrected chi connectivity index (χ1v) is 11.2. The van der Waals surface area contributed by atoms with Crippen LogP contribution >= 0.6 is 0 Å². The normalized spacial score (nSPS) is 11.6. The van der Waals surface area contributed by atoms with E-state index < -0.39 is 10.0 Å². The zero-order valence-corrected chi connectivity index (χ0v) is 18.0. The molecule has 0 radical (unpaired) electrons. The number of carbonyl (C=O) groups excluding carboxylic acids is 1. The van der Waals surface area contributed by atoms with E-state index in [0.29, 0.717) is 6.54 Å². The van der Waals surface area contributed by atoms with Crippen molar-refractivity contribution in [1.29, 1.82) is 0 Å². The van der Waals surface area contributed by atoms with Crippen molar-refractivity contribution in [2.45, 2.75) is 24.7 Å². The van der Waals surface area contributed by atoms with Crippen LogP contribution in [-0.4, -0.2) is 48.5 Å². The summed E-state index contributed by atoms with van der Waals surface area (Å²) in [7, 11) is -2.27. The van der Waals surface area contributed by atoms with Crippen LogP contribution in [0, 0.1) is 6.92 Å². The molecule has 30 heavy (non-hydrogen) atoms. The second kappa shape index (κ2) is 9.69. The number of carbonyl (C=O) groups is 1. The van der Waals surface area contributed by atoms with Gasteiger partial charge in [-0.3, -0.25) is 4.79 Å².